The van der Waals surface area contributed by atoms with Crippen molar-refractivity contribution >= 4 is 23.2 Å². The van der Waals surface area contributed by atoms with Crippen LogP contribution in [0.2, 0.25) is 5.02 Å². The Morgan fingerprint density at radius 1 is 0.962 bits per heavy atom. The van der Waals surface area contributed by atoms with E-state index in [1.807, 2.05) is 48.5 Å². The van der Waals surface area contributed by atoms with E-state index >= 15 is 0 Å². The minimum atomic E-state index is -0.130. The molecule has 26 heavy (non-hydrogen) atoms. The van der Waals surface area contributed by atoms with Gasteiger partial charge in [-0.3, -0.25) is 9.78 Å². The number of anilines is 1. The smallest absolute Gasteiger partial charge is 0.255 e. The van der Waals surface area contributed by atoms with Crippen molar-refractivity contribution in [1.29, 1.82) is 0 Å². The summed E-state index contributed by atoms with van der Waals surface area (Å²) in [6.07, 6.45) is 1.71. The van der Waals surface area contributed by atoms with Crippen molar-refractivity contribution < 1.29 is 4.79 Å². The molecule has 0 aliphatic heterocycles. The molecule has 0 atom stereocenters. The highest BCUT2D eigenvalue weighted by Crippen LogP contribution is 2.26. The first-order valence-corrected chi connectivity index (χ1v) is 8.85. The molecule has 0 unspecified atom stereocenters. The molecule has 0 bridgehead atoms. The SMILES string of the molecule is CC(C)(C)c1ccc(C(=O)Nc2ccc(-c3ncccc3Cl)cc2)cc1. The van der Waals surface area contributed by atoms with Gasteiger partial charge in [0.25, 0.3) is 5.91 Å². The van der Waals surface area contributed by atoms with E-state index in [0.717, 1.165) is 16.9 Å². The lowest BCUT2D eigenvalue weighted by Gasteiger charge is -2.19. The molecule has 3 rings (SSSR count). The number of halogens is 1. The first-order chi connectivity index (χ1) is 12.3. The number of benzene rings is 2. The largest absolute Gasteiger partial charge is 0.322 e. The molecule has 0 saturated heterocycles. The molecule has 1 heterocycles. The summed E-state index contributed by atoms with van der Waals surface area (Å²) in [4.78, 5) is 16.7. The summed E-state index contributed by atoms with van der Waals surface area (Å²) >= 11 is 6.18. The average molecular weight is 365 g/mol. The number of nitrogens with zero attached hydrogens (tertiary/aromatic N) is 1. The van der Waals surface area contributed by atoms with Crippen molar-refractivity contribution in [3.05, 3.63) is 83.0 Å². The Labute approximate surface area is 159 Å². The number of hydrogen-bond acceptors (Lipinski definition) is 2. The van der Waals surface area contributed by atoms with Crippen LogP contribution in [0.3, 0.4) is 0 Å². The quantitative estimate of drug-likeness (QED) is 0.623. The van der Waals surface area contributed by atoms with Gasteiger partial charge in [0.1, 0.15) is 0 Å². The predicted molar refractivity (Wildman–Crippen MR) is 108 cm³/mol. The molecule has 1 amide bonds. The number of rotatable bonds is 3. The second-order valence-electron chi connectivity index (χ2n) is 7.19. The third-order valence-corrected chi connectivity index (χ3v) is 4.49. The lowest BCUT2D eigenvalue weighted by Crippen LogP contribution is -2.14. The third-order valence-electron chi connectivity index (χ3n) is 4.19. The first kappa shape index (κ1) is 18.2. The highest BCUT2D eigenvalue weighted by molar-refractivity contribution is 6.33. The number of carbonyl (C=O) groups is 1. The fourth-order valence-electron chi connectivity index (χ4n) is 2.63. The van der Waals surface area contributed by atoms with E-state index in [1.165, 1.54) is 5.56 Å². The van der Waals surface area contributed by atoms with E-state index < -0.39 is 0 Å². The van der Waals surface area contributed by atoms with Gasteiger partial charge < -0.3 is 5.32 Å². The summed E-state index contributed by atoms with van der Waals surface area (Å²) in [5.41, 5.74) is 4.26. The fourth-order valence-corrected chi connectivity index (χ4v) is 2.87. The number of pyridine rings is 1. The Morgan fingerprint density at radius 3 is 2.19 bits per heavy atom. The minimum absolute atomic E-state index is 0.0670. The predicted octanol–water partition coefficient (Wildman–Crippen LogP) is 5.95. The molecule has 0 fully saturated rings. The standard InChI is InChI=1S/C22H21ClN2O/c1-22(2,3)17-10-6-16(7-11-17)21(26)25-18-12-8-15(9-13-18)20-19(23)5-4-14-24-20/h4-14H,1-3H3,(H,25,26). The molecule has 0 aliphatic carbocycles. The molecule has 132 valence electrons. The zero-order valence-electron chi connectivity index (χ0n) is 15.1. The van der Waals surface area contributed by atoms with E-state index in [0.29, 0.717) is 10.6 Å². The summed E-state index contributed by atoms with van der Waals surface area (Å²) in [6.45, 7) is 6.45. The number of amides is 1. The Morgan fingerprint density at radius 2 is 1.62 bits per heavy atom. The third kappa shape index (κ3) is 4.12. The van der Waals surface area contributed by atoms with Crippen LogP contribution in [0, 0.1) is 0 Å². The normalized spacial score (nSPS) is 11.2. The Bertz CT molecular complexity index is 910. The van der Waals surface area contributed by atoms with Crippen LogP contribution in [-0.4, -0.2) is 10.9 Å². The zero-order chi connectivity index (χ0) is 18.7. The maximum atomic E-state index is 12.4. The Hall–Kier alpha value is -2.65. The molecule has 4 heteroatoms. The number of hydrogen-bond donors (Lipinski definition) is 1. The van der Waals surface area contributed by atoms with Crippen molar-refractivity contribution in [1.82, 2.24) is 4.98 Å². The summed E-state index contributed by atoms with van der Waals surface area (Å²) < 4.78 is 0. The van der Waals surface area contributed by atoms with Crippen LogP contribution < -0.4 is 5.32 Å². The lowest BCUT2D eigenvalue weighted by molar-refractivity contribution is 0.102. The molecule has 0 saturated carbocycles. The van der Waals surface area contributed by atoms with Gasteiger partial charge >= 0.3 is 0 Å². The Kier molecular flexibility index (Phi) is 5.10. The van der Waals surface area contributed by atoms with Gasteiger partial charge in [-0.25, -0.2) is 0 Å². The molecule has 1 aromatic heterocycles. The van der Waals surface area contributed by atoms with Crippen molar-refractivity contribution in [2.75, 3.05) is 5.32 Å². The maximum absolute atomic E-state index is 12.4. The van der Waals surface area contributed by atoms with Gasteiger partial charge in [0, 0.05) is 23.0 Å². The van der Waals surface area contributed by atoms with Crippen LogP contribution in [-0.2, 0) is 5.41 Å². The van der Waals surface area contributed by atoms with Gasteiger partial charge in [-0.05, 0) is 47.4 Å². The fraction of sp³-hybridized carbons (Fsp3) is 0.182. The van der Waals surface area contributed by atoms with Crippen LogP contribution in [0.4, 0.5) is 5.69 Å². The highest BCUT2D eigenvalue weighted by atomic mass is 35.5. The van der Waals surface area contributed by atoms with E-state index in [9.17, 15) is 4.79 Å². The van der Waals surface area contributed by atoms with Gasteiger partial charge in [0.15, 0.2) is 0 Å². The van der Waals surface area contributed by atoms with Gasteiger partial charge in [0.05, 0.1) is 10.7 Å². The van der Waals surface area contributed by atoms with Crippen molar-refractivity contribution in [3.8, 4) is 11.3 Å². The molecule has 3 nitrogen and oxygen atoms in total. The van der Waals surface area contributed by atoms with E-state index in [-0.39, 0.29) is 11.3 Å². The molecule has 0 radical (unpaired) electrons. The molecule has 1 N–H and O–H groups in total. The van der Waals surface area contributed by atoms with Crippen LogP contribution in [0.1, 0.15) is 36.7 Å². The monoisotopic (exact) mass is 364 g/mol. The summed E-state index contributed by atoms with van der Waals surface area (Å²) in [7, 11) is 0. The molecule has 0 spiro atoms. The second kappa shape index (κ2) is 7.30. The zero-order valence-corrected chi connectivity index (χ0v) is 15.8. The van der Waals surface area contributed by atoms with E-state index in [1.54, 1.807) is 18.3 Å². The second-order valence-corrected chi connectivity index (χ2v) is 7.60. The lowest BCUT2D eigenvalue weighted by atomic mass is 9.87. The maximum Gasteiger partial charge on any atom is 0.255 e. The van der Waals surface area contributed by atoms with Gasteiger partial charge in [-0.15, -0.1) is 0 Å². The van der Waals surface area contributed by atoms with Gasteiger partial charge in [0.2, 0.25) is 0 Å². The van der Waals surface area contributed by atoms with Crippen LogP contribution in [0.5, 0.6) is 0 Å². The van der Waals surface area contributed by atoms with Crippen molar-refractivity contribution in [2.24, 2.45) is 0 Å². The number of nitrogens with one attached hydrogen (secondary N) is 1. The van der Waals surface area contributed by atoms with Gasteiger partial charge in [-0.2, -0.15) is 0 Å². The molecule has 3 aromatic rings. The minimum Gasteiger partial charge on any atom is -0.322 e. The molecular formula is C22H21ClN2O. The summed E-state index contributed by atoms with van der Waals surface area (Å²) in [5, 5.41) is 3.52. The van der Waals surface area contributed by atoms with Crippen LogP contribution >= 0.6 is 11.6 Å². The number of carbonyl (C=O) groups excluding carboxylic acids is 1. The molecular weight excluding hydrogens is 344 g/mol. The molecule has 0 aliphatic rings. The number of aromatic nitrogens is 1. The molecule has 2 aromatic carbocycles. The first-order valence-electron chi connectivity index (χ1n) is 8.47. The van der Waals surface area contributed by atoms with Gasteiger partial charge in [-0.1, -0.05) is 56.6 Å². The van der Waals surface area contributed by atoms with Crippen molar-refractivity contribution in [3.63, 3.8) is 0 Å². The topological polar surface area (TPSA) is 42.0 Å². The Balaban J connectivity index is 1.73. The summed E-state index contributed by atoms with van der Waals surface area (Å²) in [6, 6.07) is 18.8. The van der Waals surface area contributed by atoms with Crippen LogP contribution in [0.25, 0.3) is 11.3 Å². The van der Waals surface area contributed by atoms with E-state index in [2.05, 4.69) is 31.1 Å². The highest BCUT2D eigenvalue weighted by Gasteiger charge is 2.14. The van der Waals surface area contributed by atoms with Crippen LogP contribution in [0.15, 0.2) is 66.9 Å². The average Bonchev–Trinajstić information content (AvgIpc) is 2.62. The summed E-state index contributed by atoms with van der Waals surface area (Å²) in [5.74, 6) is -0.130. The van der Waals surface area contributed by atoms with Crippen molar-refractivity contribution in [2.45, 2.75) is 26.2 Å². The van der Waals surface area contributed by atoms with E-state index in [4.69, 9.17) is 11.6 Å².